The number of carboxylic acid groups (broad SMARTS) is 1. The van der Waals surface area contributed by atoms with Crippen LogP contribution in [0.15, 0.2) is 52.0 Å². The molecule has 0 spiro atoms. The first-order chi connectivity index (χ1) is 11.0. The number of carboxylic acids is 1. The van der Waals surface area contributed by atoms with Crippen molar-refractivity contribution in [3.05, 3.63) is 54.2 Å². The molecule has 0 unspecified atom stereocenters. The number of nitrogens with zero attached hydrogens (tertiary/aromatic N) is 2. The summed E-state index contributed by atoms with van der Waals surface area (Å²) in [6, 6.07) is 10.4. The molecule has 0 fully saturated rings. The maximum absolute atomic E-state index is 12.8. The van der Waals surface area contributed by atoms with E-state index in [0.717, 1.165) is 11.6 Å². The predicted octanol–water partition coefficient (Wildman–Crippen LogP) is 2.23. The van der Waals surface area contributed by atoms with Gasteiger partial charge in [-0.25, -0.2) is 18.2 Å². The second-order valence-corrected chi connectivity index (χ2v) is 6.91. The predicted molar refractivity (Wildman–Crippen MR) is 80.8 cm³/mol. The molecule has 1 aliphatic heterocycles. The summed E-state index contributed by atoms with van der Waals surface area (Å²) in [6.07, 6.45) is 0.994. The Balaban J connectivity index is 1.84. The van der Waals surface area contributed by atoms with Gasteiger partial charge in [-0.05, 0) is 17.5 Å². The number of carbonyl (C=O) groups is 1. The lowest BCUT2D eigenvalue weighted by molar-refractivity contribution is 0.0690. The Labute approximate surface area is 130 Å². The smallest absolute Gasteiger partial charge is 0.357 e. The van der Waals surface area contributed by atoms with Gasteiger partial charge in [-0.15, -0.1) is 0 Å². The zero-order valence-corrected chi connectivity index (χ0v) is 12.4. The molecule has 0 atom stereocenters. The molecule has 8 heteroatoms. The van der Waals surface area contributed by atoms with E-state index in [-0.39, 0.29) is 23.0 Å². The molecule has 0 saturated heterocycles. The summed E-state index contributed by atoms with van der Waals surface area (Å²) < 4.78 is 31.8. The van der Waals surface area contributed by atoms with Crippen molar-refractivity contribution in [1.82, 2.24) is 4.98 Å². The molecule has 3 aromatic rings. The van der Waals surface area contributed by atoms with E-state index < -0.39 is 16.0 Å². The number of rotatable bonds is 3. The van der Waals surface area contributed by atoms with Crippen molar-refractivity contribution in [2.24, 2.45) is 0 Å². The van der Waals surface area contributed by atoms with Crippen LogP contribution in [0.5, 0.6) is 0 Å². The van der Waals surface area contributed by atoms with Gasteiger partial charge in [0.15, 0.2) is 5.69 Å². The van der Waals surface area contributed by atoms with Crippen molar-refractivity contribution in [2.45, 2.75) is 11.4 Å². The van der Waals surface area contributed by atoms with Crippen molar-refractivity contribution in [1.29, 1.82) is 0 Å². The zero-order valence-electron chi connectivity index (χ0n) is 11.6. The van der Waals surface area contributed by atoms with Crippen LogP contribution < -0.4 is 4.31 Å². The SMILES string of the molecule is O=C(O)c1coc(CN2c3cccc4cccc(c34)S2(=O)=O)n1. The van der Waals surface area contributed by atoms with Crippen molar-refractivity contribution in [3.8, 4) is 0 Å². The van der Waals surface area contributed by atoms with Gasteiger partial charge in [0.2, 0.25) is 5.89 Å². The molecule has 2 heterocycles. The topological polar surface area (TPSA) is 101 Å². The Hall–Kier alpha value is -2.87. The zero-order chi connectivity index (χ0) is 16.2. The molecule has 0 bridgehead atoms. The number of benzene rings is 2. The minimum absolute atomic E-state index is 0.0239. The largest absolute Gasteiger partial charge is 0.476 e. The Bertz CT molecular complexity index is 1050. The molecule has 2 aromatic carbocycles. The minimum Gasteiger partial charge on any atom is -0.476 e. The fraction of sp³-hybridized carbons (Fsp3) is 0.0667. The lowest BCUT2D eigenvalue weighted by atomic mass is 10.1. The Morgan fingerprint density at radius 3 is 2.65 bits per heavy atom. The molecule has 0 saturated carbocycles. The third kappa shape index (κ3) is 1.92. The molecule has 1 aromatic heterocycles. The maximum Gasteiger partial charge on any atom is 0.357 e. The van der Waals surface area contributed by atoms with Gasteiger partial charge in [-0.2, -0.15) is 0 Å². The monoisotopic (exact) mass is 330 g/mol. The first-order valence-electron chi connectivity index (χ1n) is 6.70. The fourth-order valence-corrected chi connectivity index (χ4v) is 4.39. The van der Waals surface area contributed by atoms with Crippen LogP contribution in [0.2, 0.25) is 0 Å². The van der Waals surface area contributed by atoms with E-state index in [1.807, 2.05) is 12.1 Å². The Kier molecular flexibility index (Phi) is 2.73. The van der Waals surface area contributed by atoms with Crippen molar-refractivity contribution >= 4 is 32.5 Å². The van der Waals surface area contributed by atoms with Gasteiger partial charge >= 0.3 is 5.97 Å². The first-order valence-corrected chi connectivity index (χ1v) is 8.14. The van der Waals surface area contributed by atoms with Crippen molar-refractivity contribution in [2.75, 3.05) is 4.31 Å². The maximum atomic E-state index is 12.8. The number of anilines is 1. The summed E-state index contributed by atoms with van der Waals surface area (Å²) >= 11 is 0. The van der Waals surface area contributed by atoms with Gasteiger partial charge in [0, 0.05) is 5.39 Å². The van der Waals surface area contributed by atoms with Gasteiger partial charge in [-0.1, -0.05) is 24.3 Å². The lowest BCUT2D eigenvalue weighted by Crippen LogP contribution is -2.26. The van der Waals surface area contributed by atoms with E-state index in [1.165, 1.54) is 4.31 Å². The van der Waals surface area contributed by atoms with E-state index in [0.29, 0.717) is 11.1 Å². The van der Waals surface area contributed by atoms with E-state index in [9.17, 15) is 13.2 Å². The highest BCUT2D eigenvalue weighted by Crippen LogP contribution is 2.42. The van der Waals surface area contributed by atoms with Crippen LogP contribution in [0, 0.1) is 0 Å². The number of sulfonamides is 1. The molecule has 1 aliphatic rings. The summed E-state index contributed by atoms with van der Waals surface area (Å²) in [4.78, 5) is 14.9. The van der Waals surface area contributed by atoms with Crippen LogP contribution in [0.1, 0.15) is 16.4 Å². The molecular formula is C15H10N2O5S. The summed E-state index contributed by atoms with van der Waals surface area (Å²) in [7, 11) is -3.72. The van der Waals surface area contributed by atoms with Gasteiger partial charge in [0.25, 0.3) is 10.0 Å². The van der Waals surface area contributed by atoms with Crippen LogP contribution >= 0.6 is 0 Å². The number of aromatic carboxylic acids is 1. The highest BCUT2D eigenvalue weighted by Gasteiger charge is 2.36. The van der Waals surface area contributed by atoms with Crippen LogP contribution in [0.25, 0.3) is 10.8 Å². The molecular weight excluding hydrogens is 320 g/mol. The minimum atomic E-state index is -3.72. The summed E-state index contributed by atoms with van der Waals surface area (Å²) in [6.45, 7) is -0.163. The average Bonchev–Trinajstić information content (AvgIpc) is 3.07. The second kappa shape index (κ2) is 4.56. The lowest BCUT2D eigenvalue weighted by Gasteiger charge is -2.16. The number of aromatic nitrogens is 1. The molecule has 1 N–H and O–H groups in total. The molecule has 4 rings (SSSR count). The van der Waals surface area contributed by atoms with Gasteiger partial charge in [0.1, 0.15) is 12.8 Å². The Morgan fingerprint density at radius 1 is 1.22 bits per heavy atom. The molecule has 0 amide bonds. The summed E-state index contributed by atoms with van der Waals surface area (Å²) in [5.41, 5.74) is 0.278. The van der Waals surface area contributed by atoms with Crippen molar-refractivity contribution < 1.29 is 22.7 Å². The standard InChI is InChI=1S/C15H10N2O5S/c18-15(19)10-8-22-13(16-10)7-17-11-5-1-3-9-4-2-6-12(14(9)11)23(17,20)21/h1-6,8H,7H2,(H,18,19). The van der Waals surface area contributed by atoms with Crippen LogP contribution in [0.4, 0.5) is 5.69 Å². The third-order valence-corrected chi connectivity index (χ3v) is 5.53. The molecule has 0 aliphatic carbocycles. The normalized spacial score (nSPS) is 15.2. The Morgan fingerprint density at radius 2 is 1.96 bits per heavy atom. The van der Waals surface area contributed by atoms with E-state index >= 15 is 0 Å². The molecule has 7 nitrogen and oxygen atoms in total. The van der Waals surface area contributed by atoms with Crippen LogP contribution in [0.3, 0.4) is 0 Å². The van der Waals surface area contributed by atoms with E-state index in [4.69, 9.17) is 9.52 Å². The van der Waals surface area contributed by atoms with Crippen LogP contribution in [-0.2, 0) is 16.6 Å². The molecule has 116 valence electrons. The van der Waals surface area contributed by atoms with Crippen LogP contribution in [-0.4, -0.2) is 24.5 Å². The van der Waals surface area contributed by atoms with Gasteiger partial charge in [-0.3, -0.25) is 4.31 Å². The fourth-order valence-electron chi connectivity index (χ4n) is 2.73. The molecule has 23 heavy (non-hydrogen) atoms. The highest BCUT2D eigenvalue weighted by molar-refractivity contribution is 7.93. The first kappa shape index (κ1) is 13.8. The summed E-state index contributed by atoms with van der Waals surface area (Å²) in [5, 5.41) is 10.3. The second-order valence-electron chi connectivity index (χ2n) is 5.07. The number of hydrogen-bond acceptors (Lipinski definition) is 5. The number of hydrogen-bond donors (Lipinski definition) is 1. The van der Waals surface area contributed by atoms with E-state index in [1.54, 1.807) is 24.3 Å². The molecule has 0 radical (unpaired) electrons. The van der Waals surface area contributed by atoms with Gasteiger partial charge in [0.05, 0.1) is 10.6 Å². The highest BCUT2D eigenvalue weighted by atomic mass is 32.2. The van der Waals surface area contributed by atoms with Gasteiger partial charge < -0.3 is 9.52 Å². The summed E-state index contributed by atoms with van der Waals surface area (Å²) in [5.74, 6) is -1.20. The van der Waals surface area contributed by atoms with Crippen molar-refractivity contribution in [3.63, 3.8) is 0 Å². The number of oxazole rings is 1. The van der Waals surface area contributed by atoms with E-state index in [2.05, 4.69) is 4.98 Å². The average molecular weight is 330 g/mol. The quantitative estimate of drug-likeness (QED) is 0.790. The third-order valence-electron chi connectivity index (χ3n) is 3.73.